The normalized spacial score (nSPS) is 12.9. The molecule has 1 atom stereocenters. The molecule has 0 saturated heterocycles. The molecule has 13 heavy (non-hydrogen) atoms. The van der Waals surface area contributed by atoms with Crippen LogP contribution in [0.25, 0.3) is 0 Å². The van der Waals surface area contributed by atoms with Crippen LogP contribution < -0.4 is 5.73 Å². The van der Waals surface area contributed by atoms with Gasteiger partial charge < -0.3 is 5.73 Å². The number of halogens is 2. The third-order valence-corrected chi connectivity index (χ3v) is 2.41. The van der Waals surface area contributed by atoms with E-state index in [1.54, 1.807) is 12.1 Å². The fourth-order valence-electron chi connectivity index (χ4n) is 1.13. The van der Waals surface area contributed by atoms with Gasteiger partial charge in [-0.25, -0.2) is 4.39 Å². The van der Waals surface area contributed by atoms with Gasteiger partial charge in [-0.1, -0.05) is 24.6 Å². The minimum atomic E-state index is -0.267. The third-order valence-electron chi connectivity index (χ3n) is 2.05. The van der Waals surface area contributed by atoms with E-state index in [1.807, 2.05) is 6.92 Å². The van der Waals surface area contributed by atoms with Crippen LogP contribution in [-0.2, 0) is 6.42 Å². The third kappa shape index (κ3) is 2.68. The zero-order chi connectivity index (χ0) is 9.84. The van der Waals surface area contributed by atoms with E-state index < -0.39 is 0 Å². The summed E-state index contributed by atoms with van der Waals surface area (Å²) >= 11 is 5.84. The average Bonchev–Trinajstić information content (AvgIpc) is 2.11. The van der Waals surface area contributed by atoms with Crippen molar-refractivity contribution in [1.29, 1.82) is 0 Å². The minimum Gasteiger partial charge on any atom is -0.327 e. The van der Waals surface area contributed by atoms with Crippen molar-refractivity contribution < 1.29 is 4.39 Å². The van der Waals surface area contributed by atoms with Crippen LogP contribution >= 0.6 is 11.6 Å². The SMILES string of the molecule is CCC(N)Cc1c(F)cccc1Cl. The summed E-state index contributed by atoms with van der Waals surface area (Å²) in [6.45, 7) is 1.97. The van der Waals surface area contributed by atoms with Crippen molar-refractivity contribution in [3.05, 3.63) is 34.6 Å². The Morgan fingerprint density at radius 2 is 2.23 bits per heavy atom. The van der Waals surface area contributed by atoms with E-state index in [-0.39, 0.29) is 11.9 Å². The largest absolute Gasteiger partial charge is 0.327 e. The topological polar surface area (TPSA) is 26.0 Å². The van der Waals surface area contributed by atoms with Gasteiger partial charge in [0.05, 0.1) is 0 Å². The van der Waals surface area contributed by atoms with Crippen molar-refractivity contribution in [3.8, 4) is 0 Å². The van der Waals surface area contributed by atoms with E-state index in [2.05, 4.69) is 0 Å². The Kier molecular flexibility index (Phi) is 3.70. The summed E-state index contributed by atoms with van der Waals surface area (Å²) < 4.78 is 13.2. The lowest BCUT2D eigenvalue weighted by molar-refractivity contribution is 0.579. The van der Waals surface area contributed by atoms with E-state index >= 15 is 0 Å². The predicted molar refractivity (Wildman–Crippen MR) is 53.4 cm³/mol. The molecule has 0 saturated carbocycles. The van der Waals surface area contributed by atoms with Gasteiger partial charge in [0.2, 0.25) is 0 Å². The van der Waals surface area contributed by atoms with Gasteiger partial charge in [-0.2, -0.15) is 0 Å². The summed E-state index contributed by atoms with van der Waals surface area (Å²) in [4.78, 5) is 0. The number of hydrogen-bond donors (Lipinski definition) is 1. The fourth-order valence-corrected chi connectivity index (χ4v) is 1.37. The maximum absolute atomic E-state index is 13.2. The maximum atomic E-state index is 13.2. The Hall–Kier alpha value is -0.600. The van der Waals surface area contributed by atoms with Gasteiger partial charge in [-0.15, -0.1) is 0 Å². The molecule has 0 aliphatic carbocycles. The van der Waals surface area contributed by atoms with E-state index in [0.29, 0.717) is 17.0 Å². The van der Waals surface area contributed by atoms with Crippen LogP contribution in [0.4, 0.5) is 4.39 Å². The molecule has 0 heterocycles. The summed E-state index contributed by atoms with van der Waals surface area (Å²) in [5.74, 6) is -0.267. The summed E-state index contributed by atoms with van der Waals surface area (Å²) in [7, 11) is 0. The van der Waals surface area contributed by atoms with Gasteiger partial charge in [0.15, 0.2) is 0 Å². The molecule has 0 fully saturated rings. The molecule has 1 nitrogen and oxygen atoms in total. The standard InChI is InChI=1S/C10H13ClFN/c1-2-7(13)6-8-9(11)4-3-5-10(8)12/h3-5,7H,2,6,13H2,1H3. The summed E-state index contributed by atoms with van der Waals surface area (Å²) in [6, 6.07) is 4.67. The number of hydrogen-bond acceptors (Lipinski definition) is 1. The van der Waals surface area contributed by atoms with Crippen molar-refractivity contribution in [1.82, 2.24) is 0 Å². The average molecular weight is 202 g/mol. The maximum Gasteiger partial charge on any atom is 0.127 e. The first-order valence-electron chi connectivity index (χ1n) is 4.33. The smallest absolute Gasteiger partial charge is 0.127 e. The fraction of sp³-hybridized carbons (Fsp3) is 0.400. The Labute approximate surface area is 82.7 Å². The number of rotatable bonds is 3. The van der Waals surface area contributed by atoms with E-state index in [9.17, 15) is 4.39 Å². The van der Waals surface area contributed by atoms with Gasteiger partial charge in [-0.3, -0.25) is 0 Å². The molecule has 0 aliphatic rings. The van der Waals surface area contributed by atoms with Crippen LogP contribution in [0.3, 0.4) is 0 Å². The molecule has 0 spiro atoms. The quantitative estimate of drug-likeness (QED) is 0.800. The highest BCUT2D eigenvalue weighted by Gasteiger charge is 2.09. The van der Waals surface area contributed by atoms with Gasteiger partial charge >= 0.3 is 0 Å². The van der Waals surface area contributed by atoms with Crippen molar-refractivity contribution in [2.75, 3.05) is 0 Å². The Balaban J connectivity index is 2.87. The second-order valence-corrected chi connectivity index (χ2v) is 3.48. The van der Waals surface area contributed by atoms with Crippen LogP contribution in [0, 0.1) is 5.82 Å². The summed E-state index contributed by atoms with van der Waals surface area (Å²) in [6.07, 6.45) is 1.33. The highest BCUT2D eigenvalue weighted by molar-refractivity contribution is 6.31. The molecule has 1 aromatic carbocycles. The van der Waals surface area contributed by atoms with E-state index in [4.69, 9.17) is 17.3 Å². The highest BCUT2D eigenvalue weighted by Crippen LogP contribution is 2.20. The molecule has 1 unspecified atom stereocenters. The molecule has 72 valence electrons. The number of benzene rings is 1. The predicted octanol–water partition coefficient (Wildman–Crippen LogP) is 2.76. The van der Waals surface area contributed by atoms with E-state index in [0.717, 1.165) is 6.42 Å². The molecule has 1 rings (SSSR count). The summed E-state index contributed by atoms with van der Waals surface area (Å²) in [5.41, 5.74) is 6.24. The Morgan fingerprint density at radius 3 is 2.77 bits per heavy atom. The van der Waals surface area contributed by atoms with Crippen molar-refractivity contribution in [3.63, 3.8) is 0 Å². The molecule has 0 amide bonds. The zero-order valence-electron chi connectivity index (χ0n) is 7.56. The van der Waals surface area contributed by atoms with Crippen molar-refractivity contribution >= 4 is 11.6 Å². The molecule has 0 aromatic heterocycles. The first-order chi connectivity index (χ1) is 6.15. The molecular formula is C10H13ClFN. The van der Waals surface area contributed by atoms with Crippen LogP contribution in [-0.4, -0.2) is 6.04 Å². The molecule has 1 aromatic rings. The lowest BCUT2D eigenvalue weighted by atomic mass is 10.0. The van der Waals surface area contributed by atoms with Crippen LogP contribution in [0.2, 0.25) is 5.02 Å². The molecule has 3 heteroatoms. The van der Waals surface area contributed by atoms with E-state index in [1.165, 1.54) is 6.07 Å². The molecule has 2 N–H and O–H groups in total. The van der Waals surface area contributed by atoms with Crippen LogP contribution in [0.1, 0.15) is 18.9 Å². The van der Waals surface area contributed by atoms with Crippen LogP contribution in [0.5, 0.6) is 0 Å². The first kappa shape index (κ1) is 10.5. The second kappa shape index (κ2) is 4.58. The second-order valence-electron chi connectivity index (χ2n) is 3.07. The molecule has 0 aliphatic heterocycles. The van der Waals surface area contributed by atoms with Crippen molar-refractivity contribution in [2.24, 2.45) is 5.73 Å². The lowest BCUT2D eigenvalue weighted by Gasteiger charge is -2.10. The van der Waals surface area contributed by atoms with Gasteiger partial charge in [0.25, 0.3) is 0 Å². The van der Waals surface area contributed by atoms with Gasteiger partial charge in [0, 0.05) is 16.6 Å². The summed E-state index contributed by atoms with van der Waals surface area (Å²) in [5, 5.41) is 0.462. The molecule has 0 bridgehead atoms. The number of nitrogens with two attached hydrogens (primary N) is 1. The molecular weight excluding hydrogens is 189 g/mol. The van der Waals surface area contributed by atoms with Crippen LogP contribution in [0.15, 0.2) is 18.2 Å². The van der Waals surface area contributed by atoms with Gasteiger partial charge in [0.1, 0.15) is 5.82 Å². The molecule has 0 radical (unpaired) electrons. The monoisotopic (exact) mass is 201 g/mol. The zero-order valence-corrected chi connectivity index (χ0v) is 8.31. The Bertz CT molecular complexity index is 268. The highest BCUT2D eigenvalue weighted by atomic mass is 35.5. The minimum absolute atomic E-state index is 0.0191. The first-order valence-corrected chi connectivity index (χ1v) is 4.71. The van der Waals surface area contributed by atoms with Crippen molar-refractivity contribution in [2.45, 2.75) is 25.8 Å². The van der Waals surface area contributed by atoms with Gasteiger partial charge in [-0.05, 0) is 25.0 Å². The Morgan fingerprint density at radius 1 is 1.54 bits per heavy atom. The lowest BCUT2D eigenvalue weighted by Crippen LogP contribution is -2.22.